The van der Waals surface area contributed by atoms with E-state index in [1.165, 1.54) is 19.4 Å². The molecule has 0 aliphatic heterocycles. The van der Waals surface area contributed by atoms with Gasteiger partial charge in [0.1, 0.15) is 0 Å². The van der Waals surface area contributed by atoms with Crippen LogP contribution < -0.4 is 5.32 Å². The predicted molar refractivity (Wildman–Crippen MR) is 63.7 cm³/mol. The monoisotopic (exact) mass is 207 g/mol. The minimum absolute atomic E-state index is 0.300. The zero-order chi connectivity index (χ0) is 10.7. The maximum Gasteiger partial charge on any atom is 0.00967 e. The molecule has 0 bridgehead atoms. The molecule has 3 rings (SSSR count). The van der Waals surface area contributed by atoms with Crippen LogP contribution in [-0.4, -0.2) is 12.1 Å². The normalized spacial score (nSPS) is 44.2. The molecule has 15 heavy (non-hydrogen) atoms. The first-order valence-electron chi connectivity index (χ1n) is 6.74. The number of hydrogen-bond acceptors (Lipinski definition) is 1. The highest BCUT2D eigenvalue weighted by atomic mass is 15.0. The highest BCUT2D eigenvalue weighted by Gasteiger charge is 2.58. The van der Waals surface area contributed by atoms with Crippen LogP contribution in [0.2, 0.25) is 0 Å². The molecule has 3 aliphatic rings. The molecule has 2 unspecified atom stereocenters. The molecule has 0 saturated heterocycles. The van der Waals surface area contributed by atoms with Crippen LogP contribution in [0.1, 0.15) is 52.9 Å². The van der Waals surface area contributed by atoms with Crippen LogP contribution in [0.4, 0.5) is 0 Å². The lowest BCUT2D eigenvalue weighted by molar-refractivity contribution is 0.189. The molecule has 0 aromatic carbocycles. The Morgan fingerprint density at radius 1 is 1.13 bits per heavy atom. The van der Waals surface area contributed by atoms with Crippen molar-refractivity contribution in [2.75, 3.05) is 6.54 Å². The highest BCUT2D eigenvalue weighted by Crippen LogP contribution is 2.66. The zero-order valence-electron chi connectivity index (χ0n) is 10.5. The van der Waals surface area contributed by atoms with Gasteiger partial charge >= 0.3 is 0 Å². The van der Waals surface area contributed by atoms with Gasteiger partial charge in [0.2, 0.25) is 0 Å². The van der Waals surface area contributed by atoms with Crippen molar-refractivity contribution >= 4 is 0 Å². The van der Waals surface area contributed by atoms with E-state index in [9.17, 15) is 0 Å². The Balaban J connectivity index is 1.64. The first-order valence-corrected chi connectivity index (χ1v) is 6.74. The smallest absolute Gasteiger partial charge is 0.00967 e. The maximum absolute atomic E-state index is 3.77. The Morgan fingerprint density at radius 3 is 2.20 bits per heavy atom. The van der Waals surface area contributed by atoms with Crippen LogP contribution in [0.5, 0.6) is 0 Å². The largest absolute Gasteiger partial charge is 0.312 e. The lowest BCUT2D eigenvalue weighted by Crippen LogP contribution is -2.44. The molecular weight excluding hydrogens is 182 g/mol. The summed E-state index contributed by atoms with van der Waals surface area (Å²) in [6, 6.07) is 0. The fourth-order valence-electron chi connectivity index (χ4n) is 3.70. The van der Waals surface area contributed by atoms with Crippen LogP contribution in [0.25, 0.3) is 0 Å². The third-order valence-electron chi connectivity index (χ3n) is 4.82. The predicted octanol–water partition coefficient (Wildman–Crippen LogP) is 3.20. The van der Waals surface area contributed by atoms with Crippen molar-refractivity contribution in [1.82, 2.24) is 5.32 Å². The Kier molecular flexibility index (Phi) is 2.03. The van der Waals surface area contributed by atoms with E-state index in [1.807, 2.05) is 0 Å². The highest BCUT2D eigenvalue weighted by molar-refractivity contribution is 5.09. The van der Waals surface area contributed by atoms with E-state index in [-0.39, 0.29) is 0 Å². The van der Waals surface area contributed by atoms with Gasteiger partial charge in [0.25, 0.3) is 0 Å². The molecule has 0 radical (unpaired) electrons. The van der Waals surface area contributed by atoms with Crippen LogP contribution in [0.15, 0.2) is 0 Å². The maximum atomic E-state index is 3.77. The molecule has 0 amide bonds. The van der Waals surface area contributed by atoms with E-state index in [4.69, 9.17) is 0 Å². The number of hydrogen-bond donors (Lipinski definition) is 1. The molecule has 0 aromatic rings. The van der Waals surface area contributed by atoms with Gasteiger partial charge < -0.3 is 5.32 Å². The van der Waals surface area contributed by atoms with Crippen molar-refractivity contribution in [3.63, 3.8) is 0 Å². The third-order valence-corrected chi connectivity index (χ3v) is 4.82. The van der Waals surface area contributed by atoms with Crippen molar-refractivity contribution in [1.29, 1.82) is 0 Å². The summed E-state index contributed by atoms with van der Waals surface area (Å²) in [5.74, 6) is 3.35. The fraction of sp³-hybridized carbons (Fsp3) is 1.00. The molecular formula is C14H25N. The number of rotatable bonds is 3. The summed E-state index contributed by atoms with van der Waals surface area (Å²) >= 11 is 0. The Hall–Kier alpha value is -0.0400. The molecule has 2 atom stereocenters. The molecule has 0 heterocycles. The van der Waals surface area contributed by atoms with Gasteiger partial charge in [-0.05, 0) is 76.0 Å². The van der Waals surface area contributed by atoms with Crippen molar-refractivity contribution in [2.45, 2.75) is 58.4 Å². The lowest BCUT2D eigenvalue weighted by Gasteiger charge is -2.35. The Labute approximate surface area is 94.0 Å². The van der Waals surface area contributed by atoms with Gasteiger partial charge in [-0.15, -0.1) is 0 Å². The van der Waals surface area contributed by atoms with E-state index >= 15 is 0 Å². The van der Waals surface area contributed by atoms with Crippen molar-refractivity contribution in [3.05, 3.63) is 0 Å². The number of fused-ring (bicyclic) bond motifs is 1. The molecule has 3 saturated carbocycles. The average molecular weight is 207 g/mol. The summed E-state index contributed by atoms with van der Waals surface area (Å²) in [4.78, 5) is 0. The molecule has 0 spiro atoms. The Morgan fingerprint density at radius 2 is 1.73 bits per heavy atom. The van der Waals surface area contributed by atoms with Gasteiger partial charge in [0, 0.05) is 12.1 Å². The van der Waals surface area contributed by atoms with Crippen LogP contribution in [0.3, 0.4) is 0 Å². The first kappa shape index (κ1) is 10.1. The second kappa shape index (κ2) is 3.00. The topological polar surface area (TPSA) is 12.0 Å². The lowest BCUT2D eigenvalue weighted by atomic mass is 9.77. The van der Waals surface area contributed by atoms with E-state index < -0.39 is 0 Å². The quantitative estimate of drug-likeness (QED) is 0.749. The van der Waals surface area contributed by atoms with E-state index in [0.717, 1.165) is 23.2 Å². The summed E-state index contributed by atoms with van der Waals surface area (Å²) in [5.41, 5.74) is 1.02. The number of nitrogens with one attached hydrogen (secondary N) is 1. The molecule has 3 aliphatic carbocycles. The van der Waals surface area contributed by atoms with E-state index in [1.54, 1.807) is 19.3 Å². The molecule has 1 N–H and O–H groups in total. The van der Waals surface area contributed by atoms with E-state index in [2.05, 4.69) is 26.1 Å². The minimum atomic E-state index is 0.300. The summed E-state index contributed by atoms with van der Waals surface area (Å²) in [5, 5.41) is 3.77. The standard InChI is InChI=1S/C14H25N/c1-13(2,3)15-9-14(12-4-5-12)7-10-6-11(10)8-14/h10-12,15H,4-9H2,1-3H3. The first-order chi connectivity index (χ1) is 6.99. The fourth-order valence-corrected chi connectivity index (χ4v) is 3.70. The SMILES string of the molecule is CC(C)(C)NCC1(C2CC2)CC2CC2C1. The average Bonchev–Trinajstić information content (AvgIpc) is 3.01. The molecule has 86 valence electrons. The molecule has 1 heteroatoms. The van der Waals surface area contributed by atoms with Gasteiger partial charge in [0.05, 0.1) is 0 Å². The van der Waals surface area contributed by atoms with Crippen molar-refractivity contribution in [3.8, 4) is 0 Å². The van der Waals surface area contributed by atoms with Crippen LogP contribution >= 0.6 is 0 Å². The summed E-state index contributed by atoms with van der Waals surface area (Å²) < 4.78 is 0. The van der Waals surface area contributed by atoms with Crippen molar-refractivity contribution < 1.29 is 0 Å². The van der Waals surface area contributed by atoms with Crippen LogP contribution in [-0.2, 0) is 0 Å². The van der Waals surface area contributed by atoms with Crippen molar-refractivity contribution in [2.24, 2.45) is 23.2 Å². The summed E-state index contributed by atoms with van der Waals surface area (Å²) in [6.45, 7) is 8.17. The molecule has 1 nitrogen and oxygen atoms in total. The molecule has 3 fully saturated rings. The van der Waals surface area contributed by atoms with Gasteiger partial charge in [-0.2, -0.15) is 0 Å². The minimum Gasteiger partial charge on any atom is -0.312 e. The summed E-state index contributed by atoms with van der Waals surface area (Å²) in [7, 11) is 0. The second-order valence-electron chi connectivity index (χ2n) is 7.40. The van der Waals surface area contributed by atoms with Gasteiger partial charge in [0.15, 0.2) is 0 Å². The van der Waals surface area contributed by atoms with Gasteiger partial charge in [-0.25, -0.2) is 0 Å². The molecule has 0 aromatic heterocycles. The van der Waals surface area contributed by atoms with E-state index in [0.29, 0.717) is 5.54 Å². The van der Waals surface area contributed by atoms with Gasteiger partial charge in [-0.1, -0.05) is 0 Å². The summed E-state index contributed by atoms with van der Waals surface area (Å²) in [6.07, 6.45) is 7.69. The van der Waals surface area contributed by atoms with Crippen LogP contribution in [0, 0.1) is 23.2 Å². The van der Waals surface area contributed by atoms with Gasteiger partial charge in [-0.3, -0.25) is 0 Å². The third kappa shape index (κ3) is 1.95. The Bertz CT molecular complexity index is 249. The second-order valence-corrected chi connectivity index (χ2v) is 7.40. The zero-order valence-corrected chi connectivity index (χ0v) is 10.5.